The van der Waals surface area contributed by atoms with Crippen LogP contribution >= 0.6 is 0 Å². The molecule has 0 radical (unpaired) electrons. The maximum atomic E-state index is 8.90. The van der Waals surface area contributed by atoms with Gasteiger partial charge >= 0.3 is 0 Å². The van der Waals surface area contributed by atoms with Crippen LogP contribution in [0.4, 0.5) is 0 Å². The molecule has 1 heterocycles. The Labute approximate surface area is 106 Å². The van der Waals surface area contributed by atoms with Gasteiger partial charge in [-0.1, -0.05) is 35.5 Å². The van der Waals surface area contributed by atoms with Gasteiger partial charge in [-0.25, -0.2) is 0 Å². The zero-order valence-corrected chi connectivity index (χ0v) is 10.2. The molecule has 2 aromatic rings. The Bertz CT molecular complexity index is 533. The van der Waals surface area contributed by atoms with Gasteiger partial charge in [-0.3, -0.25) is 4.68 Å². The molecule has 0 saturated carbocycles. The second-order valence-corrected chi connectivity index (χ2v) is 4.14. The van der Waals surface area contributed by atoms with Crippen LogP contribution in [-0.2, 0) is 6.54 Å². The Morgan fingerprint density at radius 2 is 2.11 bits per heavy atom. The van der Waals surface area contributed by atoms with E-state index in [4.69, 9.17) is 10.9 Å². The van der Waals surface area contributed by atoms with Crippen LogP contribution in [0.15, 0.2) is 47.8 Å². The molecule has 0 aliphatic rings. The van der Waals surface area contributed by atoms with E-state index in [1.165, 1.54) is 0 Å². The summed E-state index contributed by atoms with van der Waals surface area (Å²) in [5.41, 5.74) is 7.82. The lowest BCUT2D eigenvalue weighted by atomic mass is 9.98. The lowest BCUT2D eigenvalue weighted by molar-refractivity contribution is 0.315. The minimum atomic E-state index is -0.185. The minimum absolute atomic E-state index is 0.185. The van der Waals surface area contributed by atoms with Gasteiger partial charge in [0.05, 0.1) is 12.5 Å². The molecule has 3 N–H and O–H groups in total. The predicted molar refractivity (Wildman–Crippen MR) is 69.6 cm³/mol. The van der Waals surface area contributed by atoms with Crippen molar-refractivity contribution in [2.75, 3.05) is 0 Å². The van der Waals surface area contributed by atoms with Crippen LogP contribution in [0.5, 0.6) is 0 Å². The van der Waals surface area contributed by atoms with Crippen LogP contribution < -0.4 is 5.73 Å². The zero-order valence-electron chi connectivity index (χ0n) is 10.2. The van der Waals surface area contributed by atoms with Gasteiger partial charge in [0.15, 0.2) is 0 Å². The largest absolute Gasteiger partial charge is 0.409 e. The molecule has 94 valence electrons. The first kappa shape index (κ1) is 12.2. The average Bonchev–Trinajstić information content (AvgIpc) is 2.81. The van der Waals surface area contributed by atoms with Crippen molar-refractivity contribution in [2.45, 2.75) is 19.4 Å². The van der Waals surface area contributed by atoms with Crippen molar-refractivity contribution in [1.29, 1.82) is 0 Å². The Morgan fingerprint density at radius 3 is 2.67 bits per heavy atom. The number of benzene rings is 1. The van der Waals surface area contributed by atoms with Crippen LogP contribution in [0.3, 0.4) is 0 Å². The third-order valence-electron chi connectivity index (χ3n) is 2.96. The molecule has 0 spiro atoms. The monoisotopic (exact) mass is 244 g/mol. The summed E-state index contributed by atoms with van der Waals surface area (Å²) in [6.45, 7) is 2.53. The molecular weight excluding hydrogens is 228 g/mol. The molecule has 2 rings (SSSR count). The number of rotatable bonds is 4. The normalized spacial score (nSPS) is 13.5. The van der Waals surface area contributed by atoms with Crippen molar-refractivity contribution >= 4 is 5.84 Å². The van der Waals surface area contributed by atoms with Gasteiger partial charge < -0.3 is 10.9 Å². The molecule has 0 amide bonds. The molecule has 5 heteroatoms. The van der Waals surface area contributed by atoms with E-state index in [9.17, 15) is 0 Å². The third-order valence-corrected chi connectivity index (χ3v) is 2.96. The first-order valence-electron chi connectivity index (χ1n) is 5.73. The van der Waals surface area contributed by atoms with Crippen LogP contribution in [-0.4, -0.2) is 20.8 Å². The van der Waals surface area contributed by atoms with Gasteiger partial charge in [-0.05, 0) is 18.6 Å². The fourth-order valence-electron chi connectivity index (χ4n) is 1.89. The highest BCUT2D eigenvalue weighted by Crippen LogP contribution is 2.18. The molecular formula is C13H16N4O. The molecule has 0 aliphatic heterocycles. The maximum absolute atomic E-state index is 8.90. The molecule has 1 aromatic heterocycles. The minimum Gasteiger partial charge on any atom is -0.409 e. The quantitative estimate of drug-likeness (QED) is 0.372. The number of amidine groups is 1. The summed E-state index contributed by atoms with van der Waals surface area (Å²) in [7, 11) is 0. The third kappa shape index (κ3) is 2.51. The summed E-state index contributed by atoms with van der Waals surface area (Å²) < 4.78 is 1.84. The summed E-state index contributed by atoms with van der Waals surface area (Å²) >= 11 is 0. The first-order chi connectivity index (χ1) is 8.72. The van der Waals surface area contributed by atoms with Crippen LogP contribution in [0.1, 0.15) is 17.2 Å². The number of hydrogen-bond acceptors (Lipinski definition) is 3. The summed E-state index contributed by atoms with van der Waals surface area (Å²) in [5, 5.41) is 16.2. The molecule has 0 saturated heterocycles. The molecule has 0 fully saturated rings. The van der Waals surface area contributed by atoms with Gasteiger partial charge in [-0.2, -0.15) is 5.10 Å². The van der Waals surface area contributed by atoms with E-state index in [0.29, 0.717) is 6.54 Å². The standard InChI is InChI=1S/C13H16N4O/c1-10-7-8-15-17(10)9-12(13(14)16-18)11-5-3-2-4-6-11/h2-8,12,18H,9H2,1H3,(H2,14,16). The van der Waals surface area contributed by atoms with Crippen molar-refractivity contribution in [2.24, 2.45) is 10.9 Å². The van der Waals surface area contributed by atoms with Gasteiger partial charge in [0.25, 0.3) is 0 Å². The van der Waals surface area contributed by atoms with E-state index in [1.54, 1.807) is 6.20 Å². The summed E-state index contributed by atoms with van der Waals surface area (Å²) in [5.74, 6) is 0.00546. The Balaban J connectivity index is 2.30. The summed E-state index contributed by atoms with van der Waals surface area (Å²) in [6, 6.07) is 11.6. The van der Waals surface area contributed by atoms with Gasteiger partial charge in [0, 0.05) is 11.9 Å². The number of hydrogen-bond donors (Lipinski definition) is 2. The first-order valence-corrected chi connectivity index (χ1v) is 5.73. The second-order valence-electron chi connectivity index (χ2n) is 4.14. The topological polar surface area (TPSA) is 76.4 Å². The predicted octanol–water partition coefficient (Wildman–Crippen LogP) is 1.72. The maximum Gasteiger partial charge on any atom is 0.148 e. The van der Waals surface area contributed by atoms with Gasteiger partial charge in [0.2, 0.25) is 0 Å². The van der Waals surface area contributed by atoms with E-state index in [2.05, 4.69) is 10.3 Å². The smallest absolute Gasteiger partial charge is 0.148 e. The molecule has 18 heavy (non-hydrogen) atoms. The van der Waals surface area contributed by atoms with Crippen molar-refractivity contribution in [3.8, 4) is 0 Å². The number of nitrogens with two attached hydrogens (primary N) is 1. The lowest BCUT2D eigenvalue weighted by Gasteiger charge is -2.16. The van der Waals surface area contributed by atoms with Crippen molar-refractivity contribution in [3.05, 3.63) is 53.9 Å². The molecule has 0 bridgehead atoms. The number of aryl methyl sites for hydroxylation is 1. The molecule has 1 unspecified atom stereocenters. The number of nitrogens with zero attached hydrogens (tertiary/aromatic N) is 3. The molecule has 1 aromatic carbocycles. The molecule has 0 aliphatic carbocycles. The molecule has 5 nitrogen and oxygen atoms in total. The number of aromatic nitrogens is 2. The van der Waals surface area contributed by atoms with Crippen molar-refractivity contribution in [1.82, 2.24) is 9.78 Å². The van der Waals surface area contributed by atoms with Crippen LogP contribution in [0, 0.1) is 6.92 Å². The van der Waals surface area contributed by atoms with Crippen molar-refractivity contribution in [3.63, 3.8) is 0 Å². The SMILES string of the molecule is Cc1ccnn1CC(/C(N)=N/O)c1ccccc1. The average molecular weight is 244 g/mol. The Morgan fingerprint density at radius 1 is 1.39 bits per heavy atom. The Kier molecular flexibility index (Phi) is 3.62. The number of oxime groups is 1. The van der Waals surface area contributed by atoms with E-state index in [-0.39, 0.29) is 11.8 Å². The zero-order chi connectivity index (χ0) is 13.0. The van der Waals surface area contributed by atoms with E-state index >= 15 is 0 Å². The van der Waals surface area contributed by atoms with Gasteiger partial charge in [-0.15, -0.1) is 0 Å². The van der Waals surface area contributed by atoms with Gasteiger partial charge in [0.1, 0.15) is 5.84 Å². The fraction of sp³-hybridized carbons (Fsp3) is 0.231. The van der Waals surface area contributed by atoms with Crippen LogP contribution in [0.25, 0.3) is 0 Å². The van der Waals surface area contributed by atoms with Crippen molar-refractivity contribution < 1.29 is 5.21 Å². The summed E-state index contributed by atoms with van der Waals surface area (Å²) in [4.78, 5) is 0. The fourth-order valence-corrected chi connectivity index (χ4v) is 1.89. The van der Waals surface area contributed by atoms with E-state index in [0.717, 1.165) is 11.3 Å². The summed E-state index contributed by atoms with van der Waals surface area (Å²) in [6.07, 6.45) is 1.74. The lowest BCUT2D eigenvalue weighted by Crippen LogP contribution is -2.26. The second kappa shape index (κ2) is 5.35. The van der Waals surface area contributed by atoms with Crippen LogP contribution in [0.2, 0.25) is 0 Å². The Hall–Kier alpha value is -2.30. The highest BCUT2D eigenvalue weighted by atomic mass is 16.4. The van der Waals surface area contributed by atoms with E-state index < -0.39 is 0 Å². The highest BCUT2D eigenvalue weighted by molar-refractivity contribution is 5.86. The van der Waals surface area contributed by atoms with E-state index in [1.807, 2.05) is 48.0 Å². The molecule has 1 atom stereocenters. The highest BCUT2D eigenvalue weighted by Gasteiger charge is 2.18.